The van der Waals surface area contributed by atoms with E-state index in [-0.39, 0.29) is 0 Å². The van der Waals surface area contributed by atoms with Gasteiger partial charge in [-0.1, -0.05) is 109 Å². The predicted molar refractivity (Wildman–Crippen MR) is 145 cm³/mol. The predicted octanol–water partition coefficient (Wildman–Crippen LogP) is 8.34. The average Bonchev–Trinajstić information content (AvgIpc) is 3.14. The molecule has 0 atom stereocenters. The zero-order valence-corrected chi connectivity index (χ0v) is 19.6. The van der Waals surface area contributed by atoms with Crippen LogP contribution in [0.5, 0.6) is 5.75 Å². The van der Waals surface area contributed by atoms with Gasteiger partial charge >= 0.3 is 0 Å². The van der Waals surface area contributed by atoms with Crippen molar-refractivity contribution in [1.29, 1.82) is 0 Å². The number of fused-ring (bicyclic) bond motifs is 8. The van der Waals surface area contributed by atoms with E-state index in [2.05, 4.69) is 121 Å². The van der Waals surface area contributed by atoms with Crippen molar-refractivity contribution in [3.8, 4) is 16.9 Å². The fraction of sp³-hybridized carbons (Fsp3) is 0.118. The number of hydrogen-bond acceptors (Lipinski definition) is 1. The van der Waals surface area contributed by atoms with Gasteiger partial charge < -0.3 is 4.74 Å². The lowest BCUT2D eigenvalue weighted by Crippen LogP contribution is -2.34. The molecule has 5 aromatic rings. The number of aryl methyl sites for hydroxylation is 1. The Hall–Kier alpha value is -4.10. The molecule has 168 valence electrons. The molecular formula is C34H26O. The Morgan fingerprint density at radius 1 is 0.600 bits per heavy atom. The van der Waals surface area contributed by atoms with Crippen molar-refractivity contribution in [2.24, 2.45) is 0 Å². The first kappa shape index (κ1) is 20.3. The first-order valence-corrected chi connectivity index (χ1v) is 12.5. The van der Waals surface area contributed by atoms with Gasteiger partial charge in [0.05, 0.1) is 0 Å². The monoisotopic (exact) mass is 450 g/mol. The third-order valence-corrected chi connectivity index (χ3v) is 7.62. The van der Waals surface area contributed by atoms with Crippen molar-refractivity contribution in [1.82, 2.24) is 0 Å². The summed E-state index contributed by atoms with van der Waals surface area (Å²) in [5.74, 6) is 1.03. The Morgan fingerprint density at radius 3 is 1.97 bits per heavy atom. The minimum absolute atomic E-state index is 0.669. The van der Waals surface area contributed by atoms with Gasteiger partial charge in [-0.25, -0.2) is 0 Å². The largest absolute Gasteiger partial charge is 0.473 e. The van der Waals surface area contributed by atoms with Gasteiger partial charge in [0.1, 0.15) is 5.75 Å². The molecule has 1 heterocycles. The molecule has 5 aromatic carbocycles. The van der Waals surface area contributed by atoms with Gasteiger partial charge in [-0.15, -0.1) is 0 Å². The summed E-state index contributed by atoms with van der Waals surface area (Å²) in [6.45, 7) is 0. The molecule has 2 aliphatic rings. The minimum Gasteiger partial charge on any atom is -0.473 e. The van der Waals surface area contributed by atoms with E-state index in [4.69, 9.17) is 4.74 Å². The van der Waals surface area contributed by atoms with Gasteiger partial charge in [0.25, 0.3) is 0 Å². The van der Waals surface area contributed by atoms with E-state index < -0.39 is 5.60 Å². The molecule has 0 spiro atoms. The van der Waals surface area contributed by atoms with Crippen molar-refractivity contribution < 1.29 is 4.74 Å². The number of hydrogen-bond donors (Lipinski definition) is 0. The highest BCUT2D eigenvalue weighted by molar-refractivity contribution is 6.06. The van der Waals surface area contributed by atoms with Crippen molar-refractivity contribution in [3.05, 3.63) is 143 Å². The van der Waals surface area contributed by atoms with Crippen molar-refractivity contribution in [2.45, 2.75) is 24.9 Å². The molecule has 35 heavy (non-hydrogen) atoms. The van der Waals surface area contributed by atoms with Crippen molar-refractivity contribution >= 4 is 16.8 Å². The van der Waals surface area contributed by atoms with E-state index in [0.717, 1.165) is 36.1 Å². The summed E-state index contributed by atoms with van der Waals surface area (Å²) in [5, 5.41) is 2.57. The van der Waals surface area contributed by atoms with Crippen LogP contribution in [0, 0.1) is 0 Å². The highest BCUT2D eigenvalue weighted by Crippen LogP contribution is 2.51. The molecule has 0 N–H and O–H groups in total. The second kappa shape index (κ2) is 7.99. The van der Waals surface area contributed by atoms with Gasteiger partial charge in [-0.05, 0) is 58.9 Å². The second-order valence-electron chi connectivity index (χ2n) is 9.56. The first-order valence-electron chi connectivity index (χ1n) is 12.5. The maximum absolute atomic E-state index is 7.28. The molecule has 0 saturated carbocycles. The van der Waals surface area contributed by atoms with Gasteiger partial charge in [0, 0.05) is 22.3 Å². The van der Waals surface area contributed by atoms with Crippen LogP contribution in [0.1, 0.15) is 34.2 Å². The summed E-state index contributed by atoms with van der Waals surface area (Å²) in [5.41, 5.74) is 8.27. The Kier molecular flexibility index (Phi) is 4.63. The molecule has 0 fully saturated rings. The van der Waals surface area contributed by atoms with Crippen LogP contribution in [-0.4, -0.2) is 0 Å². The molecule has 0 aromatic heterocycles. The van der Waals surface area contributed by atoms with Crippen LogP contribution in [0.2, 0.25) is 0 Å². The lowest BCUT2D eigenvalue weighted by molar-refractivity contribution is 0.159. The summed E-state index contributed by atoms with van der Waals surface area (Å²) < 4.78 is 7.28. The number of benzene rings is 5. The summed E-state index contributed by atoms with van der Waals surface area (Å²) in [4.78, 5) is 0. The van der Waals surface area contributed by atoms with E-state index >= 15 is 0 Å². The number of rotatable bonds is 2. The molecule has 0 radical (unpaired) electrons. The fourth-order valence-electron chi connectivity index (χ4n) is 6.01. The second-order valence-corrected chi connectivity index (χ2v) is 9.56. The van der Waals surface area contributed by atoms with E-state index in [1.54, 1.807) is 0 Å². The molecule has 1 heteroatoms. The van der Waals surface area contributed by atoms with Gasteiger partial charge in [-0.2, -0.15) is 0 Å². The Balaban J connectivity index is 1.56. The third kappa shape index (κ3) is 3.08. The molecule has 7 rings (SSSR count). The Labute approximate surface area is 206 Å². The van der Waals surface area contributed by atoms with Crippen LogP contribution in [0.15, 0.2) is 115 Å². The van der Waals surface area contributed by atoms with Gasteiger partial charge in [-0.3, -0.25) is 0 Å². The summed E-state index contributed by atoms with van der Waals surface area (Å²) >= 11 is 0. The number of ether oxygens (including phenoxy) is 1. The first-order chi connectivity index (χ1) is 17.4. The van der Waals surface area contributed by atoms with E-state index in [0.29, 0.717) is 0 Å². The summed E-state index contributed by atoms with van der Waals surface area (Å²) in [7, 11) is 0. The molecule has 0 unspecified atom stereocenters. The summed E-state index contributed by atoms with van der Waals surface area (Å²) in [6.07, 6.45) is 7.77. The standard InChI is InChI=1S/C34H26O/c1-3-14-25(15-4-1)34(26-16-5-2-6-17-26)23-22-30-28-19-9-10-20-29(28)32-27-18-8-7-12-24(27)13-11-21-31(32)33(30)35-34/h1-10,12,14-20,22-23H,11,13,21H2. The fourth-order valence-corrected chi connectivity index (χ4v) is 6.01. The zero-order valence-electron chi connectivity index (χ0n) is 19.6. The van der Waals surface area contributed by atoms with Crippen LogP contribution in [0.3, 0.4) is 0 Å². The topological polar surface area (TPSA) is 9.23 Å². The summed E-state index contributed by atoms with van der Waals surface area (Å²) in [6, 6.07) is 39.0. The third-order valence-electron chi connectivity index (χ3n) is 7.62. The van der Waals surface area contributed by atoms with Gasteiger partial charge in [0.2, 0.25) is 0 Å². The van der Waals surface area contributed by atoms with Gasteiger partial charge in [0.15, 0.2) is 5.60 Å². The maximum atomic E-state index is 7.28. The van der Waals surface area contributed by atoms with E-state index in [1.165, 1.54) is 38.6 Å². The molecular weight excluding hydrogens is 424 g/mol. The van der Waals surface area contributed by atoms with E-state index in [1.807, 2.05) is 0 Å². The molecule has 0 amide bonds. The van der Waals surface area contributed by atoms with Crippen LogP contribution in [0.25, 0.3) is 28.0 Å². The maximum Gasteiger partial charge on any atom is 0.178 e. The highest BCUT2D eigenvalue weighted by Gasteiger charge is 2.39. The van der Waals surface area contributed by atoms with Crippen LogP contribution >= 0.6 is 0 Å². The van der Waals surface area contributed by atoms with Crippen LogP contribution < -0.4 is 4.74 Å². The quantitative estimate of drug-likeness (QED) is 0.263. The Bertz CT molecular complexity index is 1540. The Morgan fingerprint density at radius 2 is 1.23 bits per heavy atom. The molecule has 0 saturated heterocycles. The average molecular weight is 451 g/mol. The van der Waals surface area contributed by atoms with E-state index in [9.17, 15) is 0 Å². The highest BCUT2D eigenvalue weighted by atomic mass is 16.5. The molecule has 1 aliphatic carbocycles. The zero-order chi connectivity index (χ0) is 23.2. The lowest BCUT2D eigenvalue weighted by Gasteiger charge is -2.38. The van der Waals surface area contributed by atoms with Crippen LogP contribution in [0.4, 0.5) is 0 Å². The molecule has 1 aliphatic heterocycles. The van der Waals surface area contributed by atoms with Crippen LogP contribution in [-0.2, 0) is 18.4 Å². The SMILES string of the molecule is C1=CC(c2ccccc2)(c2ccccc2)Oc2c3c(c4ccccc4c21)-c1ccccc1CCC3. The smallest absolute Gasteiger partial charge is 0.178 e. The molecule has 0 bridgehead atoms. The lowest BCUT2D eigenvalue weighted by atomic mass is 9.81. The van der Waals surface area contributed by atoms with Crippen molar-refractivity contribution in [2.75, 3.05) is 0 Å². The minimum atomic E-state index is -0.669. The normalized spacial score (nSPS) is 15.4. The van der Waals surface area contributed by atoms with Crippen molar-refractivity contribution in [3.63, 3.8) is 0 Å². The molecule has 1 nitrogen and oxygen atoms in total.